The number of hydrogen-bond donors (Lipinski definition) is 1. The van der Waals surface area contributed by atoms with Gasteiger partial charge in [0, 0.05) is 39.3 Å². The number of carbonyl (C=O) groups excluding carboxylic acids is 1. The van der Waals surface area contributed by atoms with E-state index in [9.17, 15) is 4.79 Å². The highest BCUT2D eigenvalue weighted by Gasteiger charge is 2.19. The van der Waals surface area contributed by atoms with Crippen LogP contribution in [-0.4, -0.2) is 69.3 Å². The molecule has 0 atom stereocenters. The first-order valence-electron chi connectivity index (χ1n) is 7.69. The summed E-state index contributed by atoms with van der Waals surface area (Å²) in [5, 5.41) is 7.13. The molecule has 1 aliphatic heterocycles. The molecule has 0 bridgehead atoms. The van der Waals surface area contributed by atoms with E-state index < -0.39 is 0 Å². The lowest BCUT2D eigenvalue weighted by atomic mass is 10.3. The third-order valence-electron chi connectivity index (χ3n) is 3.73. The van der Waals surface area contributed by atoms with Gasteiger partial charge in [0.2, 0.25) is 5.91 Å². The lowest BCUT2D eigenvalue weighted by molar-refractivity contribution is -0.122. The summed E-state index contributed by atoms with van der Waals surface area (Å²) in [5.74, 6) is 0.0451. The second-order valence-electron chi connectivity index (χ2n) is 5.48. The van der Waals surface area contributed by atoms with Crippen molar-refractivity contribution < 1.29 is 4.79 Å². The molecule has 23 heavy (non-hydrogen) atoms. The standard InChI is InChI=1S/C15H24N6OS/c1-3-5-16-14(22)11-18-7-9-19(10-8-18)13-21-15(23)20(6-4-2)12-17-21/h3-4,12H,1-2,5-11,13H2,(H,16,22). The number of hydrogen-bond acceptors (Lipinski definition) is 5. The van der Waals surface area contributed by atoms with Gasteiger partial charge in [-0.05, 0) is 12.2 Å². The summed E-state index contributed by atoms with van der Waals surface area (Å²) in [6.07, 6.45) is 5.23. The molecule has 7 nitrogen and oxygen atoms in total. The summed E-state index contributed by atoms with van der Waals surface area (Å²) in [4.78, 5) is 16.1. The number of allylic oxidation sites excluding steroid dienone is 1. The Balaban J connectivity index is 1.78. The van der Waals surface area contributed by atoms with Crippen LogP contribution in [-0.2, 0) is 18.0 Å². The van der Waals surface area contributed by atoms with Gasteiger partial charge in [0.15, 0.2) is 4.77 Å². The lowest BCUT2D eigenvalue weighted by Crippen LogP contribution is -2.49. The zero-order valence-electron chi connectivity index (χ0n) is 13.4. The third-order valence-corrected chi connectivity index (χ3v) is 4.18. The van der Waals surface area contributed by atoms with Crippen molar-refractivity contribution in [1.82, 2.24) is 29.5 Å². The highest BCUT2D eigenvalue weighted by Crippen LogP contribution is 2.04. The molecule has 8 heteroatoms. The molecule has 1 fully saturated rings. The van der Waals surface area contributed by atoms with Crippen molar-refractivity contribution in [3.8, 4) is 0 Å². The SMILES string of the molecule is C=CCNC(=O)CN1CCN(Cn2ncn(CC=C)c2=S)CC1. The maximum atomic E-state index is 11.7. The highest BCUT2D eigenvalue weighted by atomic mass is 32.1. The summed E-state index contributed by atoms with van der Waals surface area (Å²) < 4.78 is 4.42. The summed E-state index contributed by atoms with van der Waals surface area (Å²) in [6.45, 7) is 13.1. The number of amides is 1. The molecule has 1 saturated heterocycles. The molecular formula is C15H24N6OS. The first-order valence-corrected chi connectivity index (χ1v) is 8.10. The van der Waals surface area contributed by atoms with Crippen LogP contribution in [0.15, 0.2) is 31.6 Å². The van der Waals surface area contributed by atoms with Crippen LogP contribution in [0.2, 0.25) is 0 Å². The molecule has 1 N–H and O–H groups in total. The first kappa shape index (κ1) is 17.6. The average Bonchev–Trinajstić information content (AvgIpc) is 2.88. The number of aromatic nitrogens is 3. The van der Waals surface area contributed by atoms with Crippen LogP contribution >= 0.6 is 12.2 Å². The topological polar surface area (TPSA) is 58.3 Å². The minimum atomic E-state index is 0.0451. The molecule has 1 aromatic rings. The van der Waals surface area contributed by atoms with Gasteiger partial charge in [-0.15, -0.1) is 13.2 Å². The fourth-order valence-electron chi connectivity index (χ4n) is 2.46. The van der Waals surface area contributed by atoms with Crippen molar-refractivity contribution >= 4 is 18.1 Å². The molecule has 0 radical (unpaired) electrons. The predicted octanol–water partition coefficient (Wildman–Crippen LogP) is 0.477. The van der Waals surface area contributed by atoms with Crippen LogP contribution < -0.4 is 5.32 Å². The fourth-order valence-corrected chi connectivity index (χ4v) is 2.68. The van der Waals surface area contributed by atoms with Gasteiger partial charge >= 0.3 is 0 Å². The molecule has 0 aromatic carbocycles. The van der Waals surface area contributed by atoms with Crippen molar-refractivity contribution in [3.63, 3.8) is 0 Å². The monoisotopic (exact) mass is 336 g/mol. The second-order valence-corrected chi connectivity index (χ2v) is 5.85. The van der Waals surface area contributed by atoms with Gasteiger partial charge in [-0.2, -0.15) is 5.10 Å². The van der Waals surface area contributed by atoms with Crippen molar-refractivity contribution in [3.05, 3.63) is 36.4 Å². The normalized spacial score (nSPS) is 16.2. The Bertz CT molecular complexity index is 599. The van der Waals surface area contributed by atoms with Crippen LogP contribution in [0.25, 0.3) is 0 Å². The maximum Gasteiger partial charge on any atom is 0.234 e. The first-order chi connectivity index (χ1) is 11.1. The van der Waals surface area contributed by atoms with Gasteiger partial charge in [-0.1, -0.05) is 12.2 Å². The molecule has 0 spiro atoms. The number of carbonyl (C=O) groups is 1. The van der Waals surface area contributed by atoms with E-state index in [-0.39, 0.29) is 5.91 Å². The lowest BCUT2D eigenvalue weighted by Gasteiger charge is -2.33. The smallest absolute Gasteiger partial charge is 0.234 e. The minimum Gasteiger partial charge on any atom is -0.352 e. The van der Waals surface area contributed by atoms with Crippen LogP contribution in [0.4, 0.5) is 0 Å². The Labute approximate surface area is 141 Å². The van der Waals surface area contributed by atoms with Gasteiger partial charge in [0.1, 0.15) is 6.33 Å². The summed E-state index contributed by atoms with van der Waals surface area (Å²) >= 11 is 5.40. The van der Waals surface area contributed by atoms with E-state index >= 15 is 0 Å². The molecule has 2 rings (SSSR count). The molecule has 0 aliphatic carbocycles. The van der Waals surface area contributed by atoms with E-state index in [1.807, 2.05) is 9.25 Å². The molecule has 1 amide bonds. The highest BCUT2D eigenvalue weighted by molar-refractivity contribution is 7.71. The molecule has 0 saturated carbocycles. The fraction of sp³-hybridized carbons (Fsp3) is 0.533. The van der Waals surface area contributed by atoms with Crippen molar-refractivity contribution in [1.29, 1.82) is 0 Å². The molecular weight excluding hydrogens is 312 g/mol. The van der Waals surface area contributed by atoms with Crippen LogP contribution in [0.3, 0.4) is 0 Å². The van der Waals surface area contributed by atoms with E-state index in [2.05, 4.69) is 33.4 Å². The summed E-state index contributed by atoms with van der Waals surface area (Å²) in [6, 6.07) is 0. The average molecular weight is 336 g/mol. The Morgan fingerprint density at radius 1 is 1.26 bits per heavy atom. The molecule has 1 aliphatic rings. The number of nitrogens with zero attached hydrogens (tertiary/aromatic N) is 5. The molecule has 126 valence electrons. The molecule has 2 heterocycles. The van der Waals surface area contributed by atoms with E-state index in [1.165, 1.54) is 0 Å². The largest absolute Gasteiger partial charge is 0.352 e. The van der Waals surface area contributed by atoms with Crippen LogP contribution in [0.1, 0.15) is 0 Å². The quantitative estimate of drug-likeness (QED) is 0.553. The maximum absolute atomic E-state index is 11.7. The Hall–Kier alpha value is -1.77. The summed E-state index contributed by atoms with van der Waals surface area (Å²) in [5.41, 5.74) is 0. The van der Waals surface area contributed by atoms with E-state index in [0.717, 1.165) is 26.2 Å². The second kappa shape index (κ2) is 8.76. The third kappa shape index (κ3) is 5.12. The van der Waals surface area contributed by atoms with Crippen molar-refractivity contribution in [2.24, 2.45) is 0 Å². The number of piperazine rings is 1. The Morgan fingerprint density at radius 2 is 1.96 bits per heavy atom. The zero-order valence-corrected chi connectivity index (χ0v) is 14.2. The van der Waals surface area contributed by atoms with E-state index in [1.54, 1.807) is 18.5 Å². The summed E-state index contributed by atoms with van der Waals surface area (Å²) in [7, 11) is 0. The Morgan fingerprint density at radius 3 is 2.61 bits per heavy atom. The van der Waals surface area contributed by atoms with Gasteiger partial charge in [-0.3, -0.25) is 14.6 Å². The molecule has 1 aromatic heterocycles. The van der Waals surface area contributed by atoms with Gasteiger partial charge in [-0.25, -0.2) is 4.68 Å². The van der Waals surface area contributed by atoms with E-state index in [4.69, 9.17) is 12.2 Å². The van der Waals surface area contributed by atoms with Crippen molar-refractivity contribution in [2.75, 3.05) is 39.3 Å². The number of nitrogens with one attached hydrogen (secondary N) is 1. The van der Waals surface area contributed by atoms with Crippen molar-refractivity contribution in [2.45, 2.75) is 13.2 Å². The zero-order chi connectivity index (χ0) is 16.7. The number of rotatable bonds is 8. The van der Waals surface area contributed by atoms with Crippen LogP contribution in [0.5, 0.6) is 0 Å². The van der Waals surface area contributed by atoms with Crippen LogP contribution in [0, 0.1) is 4.77 Å². The van der Waals surface area contributed by atoms with Gasteiger partial charge in [0.25, 0.3) is 0 Å². The predicted molar refractivity (Wildman–Crippen MR) is 92.5 cm³/mol. The van der Waals surface area contributed by atoms with Gasteiger partial charge in [0.05, 0.1) is 13.2 Å². The van der Waals surface area contributed by atoms with E-state index in [0.29, 0.717) is 31.1 Å². The Kier molecular flexibility index (Phi) is 6.69. The molecule has 0 unspecified atom stereocenters. The van der Waals surface area contributed by atoms with Gasteiger partial charge < -0.3 is 9.88 Å². The minimum absolute atomic E-state index is 0.0451.